The molecule has 1 N–H and O–H groups in total. The second kappa shape index (κ2) is 9.27. The van der Waals surface area contributed by atoms with Gasteiger partial charge in [-0.1, -0.05) is 12.1 Å². The standard InChI is InChI=1S/C24H25N3O5S/c1-14(28)15-5-4-6-17(11-15)27-23(30)20-12-16(9-10-26(20)24(27)31)25-22(29)19-8-7-18(33-3)13-21(19)32-2/h4-8,11,13,16,20H,9-10,12H2,1-3H3,(H,25,29). The quantitative estimate of drug-likeness (QED) is 0.398. The summed E-state index contributed by atoms with van der Waals surface area (Å²) in [5.74, 6) is -0.278. The number of benzene rings is 2. The number of nitrogens with one attached hydrogen (secondary N) is 1. The van der Waals surface area contributed by atoms with E-state index in [0.29, 0.717) is 42.0 Å². The minimum absolute atomic E-state index is 0.141. The molecule has 2 aliphatic rings. The van der Waals surface area contributed by atoms with E-state index < -0.39 is 12.1 Å². The van der Waals surface area contributed by atoms with Crippen LogP contribution in [0.15, 0.2) is 47.4 Å². The van der Waals surface area contributed by atoms with Crippen LogP contribution in [0, 0.1) is 0 Å². The first-order chi connectivity index (χ1) is 15.8. The van der Waals surface area contributed by atoms with Gasteiger partial charge < -0.3 is 15.0 Å². The third kappa shape index (κ3) is 4.32. The van der Waals surface area contributed by atoms with Crippen LogP contribution in [-0.4, -0.2) is 60.5 Å². The van der Waals surface area contributed by atoms with Crippen LogP contribution in [0.2, 0.25) is 0 Å². The minimum atomic E-state index is -0.654. The van der Waals surface area contributed by atoms with Crippen molar-refractivity contribution in [2.75, 3.05) is 24.8 Å². The van der Waals surface area contributed by atoms with Crippen LogP contribution in [-0.2, 0) is 4.79 Å². The van der Waals surface area contributed by atoms with Crippen molar-refractivity contribution in [1.82, 2.24) is 10.2 Å². The number of imide groups is 1. The molecule has 4 rings (SSSR count). The number of Topliss-reactive ketones (excluding diaryl/α,β-unsaturated/α-hetero) is 1. The van der Waals surface area contributed by atoms with E-state index in [1.54, 1.807) is 47.0 Å². The zero-order valence-corrected chi connectivity index (χ0v) is 19.5. The van der Waals surface area contributed by atoms with Gasteiger partial charge in [0.25, 0.3) is 11.8 Å². The maximum atomic E-state index is 13.1. The molecule has 33 heavy (non-hydrogen) atoms. The molecule has 2 saturated heterocycles. The monoisotopic (exact) mass is 467 g/mol. The maximum absolute atomic E-state index is 13.1. The molecule has 2 aromatic rings. The number of carbonyl (C=O) groups is 4. The Labute approximate surface area is 196 Å². The Kier molecular flexibility index (Phi) is 6.42. The Morgan fingerprint density at radius 3 is 2.64 bits per heavy atom. The molecule has 0 bridgehead atoms. The average molecular weight is 468 g/mol. The second-order valence-electron chi connectivity index (χ2n) is 8.03. The van der Waals surface area contributed by atoms with Gasteiger partial charge in [0.1, 0.15) is 11.8 Å². The predicted molar refractivity (Wildman–Crippen MR) is 125 cm³/mol. The van der Waals surface area contributed by atoms with Crippen LogP contribution >= 0.6 is 11.8 Å². The fourth-order valence-electron chi connectivity index (χ4n) is 4.28. The number of ketones is 1. The number of rotatable bonds is 6. The highest BCUT2D eigenvalue weighted by Gasteiger charge is 2.48. The number of ether oxygens (including phenoxy) is 1. The Balaban J connectivity index is 1.49. The fourth-order valence-corrected chi connectivity index (χ4v) is 4.71. The molecule has 0 aliphatic carbocycles. The number of thioether (sulfide) groups is 1. The number of amides is 4. The maximum Gasteiger partial charge on any atom is 0.332 e. The highest BCUT2D eigenvalue weighted by atomic mass is 32.2. The number of hydrogen-bond donors (Lipinski definition) is 1. The summed E-state index contributed by atoms with van der Waals surface area (Å²) in [6.07, 6.45) is 2.81. The number of fused-ring (bicyclic) bond motifs is 1. The first-order valence-corrected chi connectivity index (χ1v) is 11.8. The molecule has 4 amide bonds. The summed E-state index contributed by atoms with van der Waals surface area (Å²) in [6, 6.07) is 10.6. The number of carbonyl (C=O) groups excluding carboxylic acids is 4. The smallest absolute Gasteiger partial charge is 0.332 e. The molecule has 2 unspecified atom stereocenters. The van der Waals surface area contributed by atoms with Gasteiger partial charge in [-0.15, -0.1) is 11.8 Å². The van der Waals surface area contributed by atoms with Crippen molar-refractivity contribution < 1.29 is 23.9 Å². The molecule has 172 valence electrons. The van der Waals surface area contributed by atoms with E-state index in [1.807, 2.05) is 18.4 Å². The number of piperidine rings is 1. The third-order valence-corrected chi connectivity index (χ3v) is 6.77. The van der Waals surface area contributed by atoms with Gasteiger partial charge in [-0.2, -0.15) is 0 Å². The molecule has 0 spiro atoms. The summed E-state index contributed by atoms with van der Waals surface area (Å²) >= 11 is 1.56. The Morgan fingerprint density at radius 2 is 1.94 bits per heavy atom. The van der Waals surface area contributed by atoms with Gasteiger partial charge in [-0.05, 0) is 56.4 Å². The number of urea groups is 1. The summed E-state index contributed by atoms with van der Waals surface area (Å²) in [7, 11) is 1.52. The zero-order valence-electron chi connectivity index (χ0n) is 18.7. The summed E-state index contributed by atoms with van der Waals surface area (Å²) in [6.45, 7) is 1.79. The minimum Gasteiger partial charge on any atom is -0.496 e. The van der Waals surface area contributed by atoms with Crippen molar-refractivity contribution in [2.24, 2.45) is 0 Å². The molecule has 8 nitrogen and oxygen atoms in total. The Hall–Kier alpha value is -3.33. The van der Waals surface area contributed by atoms with Crippen LogP contribution in [0.25, 0.3) is 0 Å². The van der Waals surface area contributed by atoms with E-state index in [9.17, 15) is 19.2 Å². The van der Waals surface area contributed by atoms with Crippen molar-refractivity contribution in [3.8, 4) is 5.75 Å². The van der Waals surface area contributed by atoms with Crippen molar-refractivity contribution >= 4 is 41.1 Å². The predicted octanol–water partition coefficient (Wildman–Crippen LogP) is 3.35. The molecular weight excluding hydrogens is 442 g/mol. The van der Waals surface area contributed by atoms with Gasteiger partial charge >= 0.3 is 6.03 Å². The molecule has 0 saturated carbocycles. The molecule has 2 heterocycles. The molecule has 0 aromatic heterocycles. The molecule has 9 heteroatoms. The summed E-state index contributed by atoms with van der Waals surface area (Å²) in [4.78, 5) is 54.4. The van der Waals surface area contributed by atoms with Gasteiger partial charge in [-0.25, -0.2) is 9.69 Å². The van der Waals surface area contributed by atoms with Gasteiger partial charge in [0.2, 0.25) is 0 Å². The van der Waals surface area contributed by atoms with Crippen LogP contribution in [0.3, 0.4) is 0 Å². The van der Waals surface area contributed by atoms with Crippen molar-refractivity contribution in [2.45, 2.75) is 36.7 Å². The van der Waals surface area contributed by atoms with Crippen LogP contribution in [0.4, 0.5) is 10.5 Å². The lowest BCUT2D eigenvalue weighted by Gasteiger charge is -2.32. The lowest BCUT2D eigenvalue weighted by molar-refractivity contribution is -0.120. The van der Waals surface area contributed by atoms with E-state index in [0.717, 1.165) is 9.80 Å². The van der Waals surface area contributed by atoms with Crippen LogP contribution < -0.4 is 15.0 Å². The lowest BCUT2D eigenvalue weighted by atomic mass is 9.97. The average Bonchev–Trinajstić information content (AvgIpc) is 3.07. The van der Waals surface area contributed by atoms with Crippen molar-refractivity contribution in [3.05, 3.63) is 53.6 Å². The largest absolute Gasteiger partial charge is 0.496 e. The van der Waals surface area contributed by atoms with E-state index in [-0.39, 0.29) is 23.6 Å². The summed E-state index contributed by atoms with van der Waals surface area (Å²) in [5, 5.41) is 2.99. The van der Waals surface area contributed by atoms with Crippen molar-refractivity contribution in [3.63, 3.8) is 0 Å². The zero-order chi connectivity index (χ0) is 23.7. The summed E-state index contributed by atoms with van der Waals surface area (Å²) in [5.41, 5.74) is 1.24. The topological polar surface area (TPSA) is 96.0 Å². The Bertz CT molecular complexity index is 1130. The number of methoxy groups -OCH3 is 1. The Morgan fingerprint density at radius 1 is 1.15 bits per heavy atom. The van der Waals surface area contributed by atoms with Crippen LogP contribution in [0.1, 0.15) is 40.5 Å². The van der Waals surface area contributed by atoms with Gasteiger partial charge in [0, 0.05) is 23.0 Å². The number of nitrogens with zero attached hydrogens (tertiary/aromatic N) is 2. The first-order valence-electron chi connectivity index (χ1n) is 10.6. The highest BCUT2D eigenvalue weighted by Crippen LogP contribution is 2.32. The van der Waals surface area contributed by atoms with E-state index in [2.05, 4.69) is 5.32 Å². The SMILES string of the molecule is COc1cc(SC)ccc1C(=O)NC1CCN2C(=O)N(c3cccc(C(C)=O)c3)C(=O)C2C1. The molecule has 2 fully saturated rings. The van der Waals surface area contributed by atoms with Gasteiger partial charge in [-0.3, -0.25) is 14.4 Å². The lowest BCUT2D eigenvalue weighted by Crippen LogP contribution is -2.49. The van der Waals surface area contributed by atoms with Gasteiger partial charge in [0.05, 0.1) is 18.4 Å². The number of hydrogen-bond acceptors (Lipinski definition) is 6. The summed E-state index contributed by atoms with van der Waals surface area (Å²) < 4.78 is 5.38. The fraction of sp³-hybridized carbons (Fsp3) is 0.333. The van der Waals surface area contributed by atoms with E-state index in [1.165, 1.54) is 14.0 Å². The van der Waals surface area contributed by atoms with E-state index in [4.69, 9.17) is 4.74 Å². The molecular formula is C24H25N3O5S. The molecule has 0 radical (unpaired) electrons. The highest BCUT2D eigenvalue weighted by molar-refractivity contribution is 7.98. The van der Waals surface area contributed by atoms with Crippen LogP contribution in [0.5, 0.6) is 5.75 Å². The van der Waals surface area contributed by atoms with Crippen molar-refractivity contribution in [1.29, 1.82) is 0 Å². The normalized spacial score (nSPS) is 20.0. The molecule has 2 atom stereocenters. The third-order valence-electron chi connectivity index (χ3n) is 6.04. The van der Waals surface area contributed by atoms with Gasteiger partial charge in [0.15, 0.2) is 5.78 Å². The molecule has 2 aromatic carbocycles. The molecule has 2 aliphatic heterocycles. The first kappa shape index (κ1) is 22.8. The second-order valence-corrected chi connectivity index (χ2v) is 8.91. The van der Waals surface area contributed by atoms with E-state index >= 15 is 0 Å². The number of anilines is 1.